The summed E-state index contributed by atoms with van der Waals surface area (Å²) in [6.45, 7) is 6.71. The van der Waals surface area contributed by atoms with Crippen LogP contribution in [0.4, 0.5) is 0 Å². The molecule has 0 amide bonds. The van der Waals surface area contributed by atoms with Crippen LogP contribution in [-0.4, -0.2) is 14.6 Å². The lowest BCUT2D eigenvalue weighted by Crippen LogP contribution is -2.16. The van der Waals surface area contributed by atoms with Gasteiger partial charge in [-0.3, -0.25) is 0 Å². The van der Waals surface area contributed by atoms with Crippen molar-refractivity contribution in [2.75, 3.05) is 0 Å². The van der Waals surface area contributed by atoms with Crippen LogP contribution in [0.15, 0.2) is 0 Å². The van der Waals surface area contributed by atoms with E-state index in [1.807, 2.05) is 0 Å². The average Bonchev–Trinajstić information content (AvgIpc) is 2.11. The fraction of sp³-hybridized carbons (Fsp3) is 1.00. The summed E-state index contributed by atoms with van der Waals surface area (Å²) in [6, 6.07) is 0. The van der Waals surface area contributed by atoms with Gasteiger partial charge in [-0.05, 0) is 17.9 Å². The van der Waals surface area contributed by atoms with Crippen molar-refractivity contribution < 1.29 is 4.80 Å². The molecule has 0 bridgehead atoms. The minimum Gasteiger partial charge on any atom is -0.438 e. The van der Waals surface area contributed by atoms with Crippen molar-refractivity contribution in [2.24, 2.45) is 0 Å². The van der Waals surface area contributed by atoms with Gasteiger partial charge in [0.1, 0.15) is 0 Å². The van der Waals surface area contributed by atoms with Gasteiger partial charge in [0.05, 0.1) is 0 Å². The SMILES string of the molecule is CCCCC(C)(CCCC)[SiH2]O. The van der Waals surface area contributed by atoms with Gasteiger partial charge in [0.2, 0.25) is 0 Å². The number of rotatable bonds is 7. The smallest absolute Gasteiger partial charge is 0.162 e. The van der Waals surface area contributed by atoms with Crippen molar-refractivity contribution in [3.05, 3.63) is 0 Å². The summed E-state index contributed by atoms with van der Waals surface area (Å²) in [6.07, 6.45) is 7.58. The molecule has 0 atom stereocenters. The molecule has 1 nitrogen and oxygen atoms in total. The largest absolute Gasteiger partial charge is 0.438 e. The second-order valence-electron chi connectivity index (χ2n) is 4.18. The molecule has 74 valence electrons. The Morgan fingerprint density at radius 1 is 1.08 bits per heavy atom. The molecule has 0 aromatic carbocycles. The highest BCUT2D eigenvalue weighted by Gasteiger charge is 2.22. The first kappa shape index (κ1) is 12.2. The topological polar surface area (TPSA) is 20.2 Å². The molecule has 0 aromatic rings. The Bertz CT molecular complexity index is 96.0. The van der Waals surface area contributed by atoms with E-state index in [1.165, 1.54) is 38.5 Å². The lowest BCUT2D eigenvalue weighted by Gasteiger charge is -2.26. The van der Waals surface area contributed by atoms with Crippen LogP contribution in [0.1, 0.15) is 59.3 Å². The third-order valence-electron chi connectivity index (χ3n) is 2.65. The number of hydrogen-bond donors (Lipinski definition) is 1. The van der Waals surface area contributed by atoms with Crippen LogP contribution in [0.5, 0.6) is 0 Å². The zero-order valence-electron chi connectivity index (χ0n) is 8.90. The maximum absolute atomic E-state index is 9.38. The van der Waals surface area contributed by atoms with Crippen molar-refractivity contribution in [3.8, 4) is 0 Å². The second kappa shape index (κ2) is 6.67. The predicted octanol–water partition coefficient (Wildman–Crippen LogP) is 2.62. The minimum absolute atomic E-state index is 0.339. The Morgan fingerprint density at radius 3 is 1.75 bits per heavy atom. The summed E-state index contributed by atoms with van der Waals surface area (Å²) in [4.78, 5) is 9.38. The van der Waals surface area contributed by atoms with Gasteiger partial charge >= 0.3 is 0 Å². The van der Waals surface area contributed by atoms with Gasteiger partial charge in [-0.15, -0.1) is 0 Å². The molecule has 0 aromatic heterocycles. The Balaban J connectivity index is 3.70. The lowest BCUT2D eigenvalue weighted by molar-refractivity contribution is 0.424. The van der Waals surface area contributed by atoms with Crippen molar-refractivity contribution in [3.63, 3.8) is 0 Å². The Morgan fingerprint density at radius 2 is 1.50 bits per heavy atom. The fourth-order valence-corrected chi connectivity index (χ4v) is 2.31. The molecule has 2 heteroatoms. The van der Waals surface area contributed by atoms with Crippen LogP contribution < -0.4 is 0 Å². The first-order valence-electron chi connectivity index (χ1n) is 5.29. The lowest BCUT2D eigenvalue weighted by atomic mass is 9.97. The quantitative estimate of drug-likeness (QED) is 0.609. The molecule has 0 radical (unpaired) electrons. The molecule has 0 aliphatic rings. The molecule has 0 aliphatic heterocycles. The maximum Gasteiger partial charge on any atom is 0.162 e. The van der Waals surface area contributed by atoms with Gasteiger partial charge in [-0.25, -0.2) is 0 Å². The van der Waals surface area contributed by atoms with Gasteiger partial charge in [0.25, 0.3) is 0 Å². The molecule has 0 spiro atoms. The van der Waals surface area contributed by atoms with Crippen LogP contribution in [0.25, 0.3) is 0 Å². The molecule has 0 aliphatic carbocycles. The van der Waals surface area contributed by atoms with Gasteiger partial charge < -0.3 is 4.80 Å². The van der Waals surface area contributed by atoms with Crippen LogP contribution >= 0.6 is 0 Å². The van der Waals surface area contributed by atoms with Gasteiger partial charge in [-0.1, -0.05) is 46.5 Å². The molecule has 0 unspecified atom stereocenters. The summed E-state index contributed by atoms with van der Waals surface area (Å²) < 4.78 is 0. The van der Waals surface area contributed by atoms with E-state index in [0.29, 0.717) is 5.04 Å². The van der Waals surface area contributed by atoms with Crippen molar-refractivity contribution >= 4 is 9.76 Å². The van der Waals surface area contributed by atoms with E-state index < -0.39 is 9.76 Å². The van der Waals surface area contributed by atoms with E-state index in [2.05, 4.69) is 20.8 Å². The van der Waals surface area contributed by atoms with E-state index in [0.717, 1.165) is 0 Å². The number of hydrogen-bond acceptors (Lipinski definition) is 1. The standard InChI is InChI=1S/C10H24OSi/c1-4-6-8-10(3,12-11)9-7-5-2/h11H,4-9,12H2,1-3H3. The van der Waals surface area contributed by atoms with Crippen LogP contribution in [-0.2, 0) is 0 Å². The molecular formula is C10H24OSi. The van der Waals surface area contributed by atoms with Crippen molar-refractivity contribution in [1.29, 1.82) is 0 Å². The normalized spacial score (nSPS) is 13.0. The molecule has 0 rings (SSSR count). The number of unbranched alkanes of at least 4 members (excludes halogenated alkanes) is 2. The molecule has 1 N–H and O–H groups in total. The van der Waals surface area contributed by atoms with E-state index in [4.69, 9.17) is 0 Å². The summed E-state index contributed by atoms with van der Waals surface area (Å²) >= 11 is 0. The zero-order valence-corrected chi connectivity index (χ0v) is 10.3. The minimum atomic E-state index is -0.809. The van der Waals surface area contributed by atoms with Gasteiger partial charge in [-0.2, -0.15) is 0 Å². The fourth-order valence-electron chi connectivity index (χ4n) is 1.49. The van der Waals surface area contributed by atoms with Crippen molar-refractivity contribution in [1.82, 2.24) is 0 Å². The first-order chi connectivity index (χ1) is 5.68. The highest BCUT2D eigenvalue weighted by atomic mass is 28.2. The van der Waals surface area contributed by atoms with E-state index in [9.17, 15) is 4.80 Å². The summed E-state index contributed by atoms with van der Waals surface area (Å²) in [5.74, 6) is 0. The third kappa shape index (κ3) is 4.94. The molecule has 0 saturated carbocycles. The second-order valence-corrected chi connectivity index (χ2v) is 6.20. The molecule has 0 saturated heterocycles. The summed E-state index contributed by atoms with van der Waals surface area (Å²) in [5, 5.41) is 0.339. The Kier molecular flexibility index (Phi) is 6.77. The highest BCUT2D eigenvalue weighted by Crippen LogP contribution is 2.35. The zero-order chi connectivity index (χ0) is 9.45. The summed E-state index contributed by atoms with van der Waals surface area (Å²) in [5.41, 5.74) is 0. The Labute approximate surface area is 79.5 Å². The van der Waals surface area contributed by atoms with Gasteiger partial charge in [0.15, 0.2) is 9.76 Å². The monoisotopic (exact) mass is 188 g/mol. The van der Waals surface area contributed by atoms with Crippen LogP contribution in [0.2, 0.25) is 5.04 Å². The third-order valence-corrected chi connectivity index (χ3v) is 4.12. The first-order valence-corrected chi connectivity index (χ1v) is 6.63. The molecule has 0 heterocycles. The highest BCUT2D eigenvalue weighted by molar-refractivity contribution is 6.30. The van der Waals surface area contributed by atoms with E-state index in [1.54, 1.807) is 0 Å². The van der Waals surface area contributed by atoms with E-state index in [-0.39, 0.29) is 0 Å². The molecule has 12 heavy (non-hydrogen) atoms. The Hall–Kier alpha value is 0.177. The van der Waals surface area contributed by atoms with E-state index >= 15 is 0 Å². The van der Waals surface area contributed by atoms with Crippen molar-refractivity contribution in [2.45, 2.75) is 64.3 Å². The van der Waals surface area contributed by atoms with Gasteiger partial charge in [0, 0.05) is 0 Å². The van der Waals surface area contributed by atoms with Crippen LogP contribution in [0, 0.1) is 0 Å². The maximum atomic E-state index is 9.38. The van der Waals surface area contributed by atoms with Crippen LogP contribution in [0.3, 0.4) is 0 Å². The summed E-state index contributed by atoms with van der Waals surface area (Å²) in [7, 11) is -0.809. The molecule has 0 fully saturated rings. The average molecular weight is 188 g/mol. The predicted molar refractivity (Wildman–Crippen MR) is 58.2 cm³/mol. The molecular weight excluding hydrogens is 164 g/mol.